The van der Waals surface area contributed by atoms with Gasteiger partial charge in [-0.1, -0.05) is 0 Å². The lowest BCUT2D eigenvalue weighted by Gasteiger charge is -2.16. The van der Waals surface area contributed by atoms with E-state index < -0.39 is 33.4 Å². The molecule has 0 saturated heterocycles. The maximum atomic E-state index is 12.6. The van der Waals surface area contributed by atoms with Gasteiger partial charge in [0.25, 0.3) is 0 Å². The average molecular weight is 387 g/mol. The molecule has 10 heteroatoms. The summed E-state index contributed by atoms with van der Waals surface area (Å²) in [5.74, 6) is -1.85. The van der Waals surface area contributed by atoms with Crippen LogP contribution in [0.1, 0.15) is 5.69 Å². The molecule has 0 aliphatic rings. The molecule has 102 valence electrons. The van der Waals surface area contributed by atoms with Crippen molar-refractivity contribution >= 4 is 22.6 Å². The highest BCUT2D eigenvalue weighted by atomic mass is 127. The van der Waals surface area contributed by atoms with Crippen molar-refractivity contribution in [2.24, 2.45) is 0 Å². The highest BCUT2D eigenvalue weighted by Gasteiger charge is 2.42. The number of halogens is 7. The normalized spacial score (nSPS) is 12.4. The predicted octanol–water partition coefficient (Wildman–Crippen LogP) is 3.61. The van der Waals surface area contributed by atoms with E-state index in [9.17, 15) is 26.3 Å². The molecule has 1 aromatic rings. The van der Waals surface area contributed by atoms with Crippen LogP contribution in [0.3, 0.4) is 0 Å². The fourth-order valence-corrected chi connectivity index (χ4v) is 1.62. The van der Waals surface area contributed by atoms with Crippen LogP contribution in [-0.2, 0) is 6.18 Å². The Hall–Kier alpha value is -0.940. The first kappa shape index (κ1) is 15.1. The summed E-state index contributed by atoms with van der Waals surface area (Å²) in [6, 6.07) is 0.900. The van der Waals surface area contributed by atoms with Gasteiger partial charge in [0.2, 0.25) is 5.88 Å². The van der Waals surface area contributed by atoms with Crippen molar-refractivity contribution in [3.8, 4) is 11.6 Å². The van der Waals surface area contributed by atoms with Crippen LogP contribution in [0.5, 0.6) is 11.6 Å². The van der Waals surface area contributed by atoms with Crippen molar-refractivity contribution in [1.29, 1.82) is 0 Å². The van der Waals surface area contributed by atoms with Crippen molar-refractivity contribution in [3.63, 3.8) is 0 Å². The molecule has 0 unspecified atom stereocenters. The molecule has 18 heavy (non-hydrogen) atoms. The molecule has 0 spiro atoms. The van der Waals surface area contributed by atoms with Crippen LogP contribution in [0.25, 0.3) is 0 Å². The maximum absolute atomic E-state index is 12.6. The van der Waals surface area contributed by atoms with E-state index in [4.69, 9.17) is 0 Å². The molecular formula is C8H4F6INO2. The number of hydrogen-bond donors (Lipinski definition) is 0. The van der Waals surface area contributed by atoms with Gasteiger partial charge in [-0.25, -0.2) is 4.98 Å². The Bertz CT molecular complexity index is 444. The van der Waals surface area contributed by atoms with Crippen LogP contribution in [-0.4, -0.2) is 18.5 Å². The predicted molar refractivity (Wildman–Crippen MR) is 55.2 cm³/mol. The van der Waals surface area contributed by atoms with E-state index in [0.29, 0.717) is 0 Å². The van der Waals surface area contributed by atoms with Crippen LogP contribution < -0.4 is 9.47 Å². The quantitative estimate of drug-likeness (QED) is 0.574. The third-order valence-electron chi connectivity index (χ3n) is 1.60. The van der Waals surface area contributed by atoms with Gasteiger partial charge in [0.05, 0.1) is 10.7 Å². The Balaban J connectivity index is 3.39. The minimum atomic E-state index is -5.24. The van der Waals surface area contributed by atoms with E-state index in [1.807, 2.05) is 0 Å². The summed E-state index contributed by atoms with van der Waals surface area (Å²) >= 11 is 1.27. The second-order valence-electron chi connectivity index (χ2n) is 2.87. The van der Waals surface area contributed by atoms with Gasteiger partial charge < -0.3 is 9.47 Å². The topological polar surface area (TPSA) is 31.4 Å². The number of ether oxygens (including phenoxy) is 2. The van der Waals surface area contributed by atoms with Gasteiger partial charge in [-0.3, -0.25) is 0 Å². The van der Waals surface area contributed by atoms with Crippen molar-refractivity contribution < 1.29 is 35.8 Å². The fraction of sp³-hybridized carbons (Fsp3) is 0.375. The molecule has 1 heterocycles. The van der Waals surface area contributed by atoms with Gasteiger partial charge in [0.1, 0.15) is 0 Å². The Labute approximate surface area is 110 Å². The Morgan fingerprint density at radius 2 is 1.72 bits per heavy atom. The lowest BCUT2D eigenvalue weighted by Crippen LogP contribution is -2.22. The summed E-state index contributed by atoms with van der Waals surface area (Å²) in [6.45, 7) is 0. The molecule has 0 aromatic carbocycles. The Morgan fingerprint density at radius 3 is 2.11 bits per heavy atom. The molecule has 1 aromatic heterocycles. The number of aromatic nitrogens is 1. The van der Waals surface area contributed by atoms with Crippen LogP contribution in [0.2, 0.25) is 0 Å². The summed E-state index contributed by atoms with van der Waals surface area (Å²) in [7, 11) is 1.04. The number of alkyl halides is 6. The van der Waals surface area contributed by atoms with Crippen molar-refractivity contribution in [2.45, 2.75) is 12.5 Å². The van der Waals surface area contributed by atoms with Gasteiger partial charge in [-0.2, -0.15) is 13.2 Å². The maximum Gasteiger partial charge on any atom is 0.573 e. The largest absolute Gasteiger partial charge is 0.573 e. The summed E-state index contributed by atoms with van der Waals surface area (Å²) in [4.78, 5) is 2.93. The van der Waals surface area contributed by atoms with Crippen molar-refractivity contribution in [3.05, 3.63) is 15.3 Å². The van der Waals surface area contributed by atoms with E-state index in [1.165, 1.54) is 22.6 Å². The molecule has 0 radical (unpaired) electrons. The molecule has 1 rings (SSSR count). The lowest BCUT2D eigenvalue weighted by atomic mass is 10.3. The molecular weight excluding hydrogens is 383 g/mol. The van der Waals surface area contributed by atoms with E-state index in [-0.39, 0.29) is 0 Å². The van der Waals surface area contributed by atoms with E-state index in [0.717, 1.165) is 13.2 Å². The third kappa shape index (κ3) is 3.78. The zero-order valence-electron chi connectivity index (χ0n) is 8.49. The molecule has 0 saturated carbocycles. The number of hydrogen-bond acceptors (Lipinski definition) is 3. The molecule has 0 bridgehead atoms. The molecule has 0 N–H and O–H groups in total. The minimum absolute atomic E-state index is 0.413. The Morgan fingerprint density at radius 1 is 1.17 bits per heavy atom. The number of methoxy groups -OCH3 is 1. The van der Waals surface area contributed by atoms with Crippen LogP contribution >= 0.6 is 22.6 Å². The summed E-state index contributed by atoms with van der Waals surface area (Å²) in [5.41, 5.74) is -1.79. The highest BCUT2D eigenvalue weighted by molar-refractivity contribution is 14.1. The molecule has 0 aliphatic carbocycles. The summed E-state index contributed by atoms with van der Waals surface area (Å²) in [6.07, 6.45) is -10.3. The Kier molecular flexibility index (Phi) is 4.18. The van der Waals surface area contributed by atoms with Crippen LogP contribution in [0.15, 0.2) is 6.07 Å². The second kappa shape index (κ2) is 4.97. The third-order valence-corrected chi connectivity index (χ3v) is 2.40. The van der Waals surface area contributed by atoms with E-state index >= 15 is 0 Å². The lowest BCUT2D eigenvalue weighted by molar-refractivity contribution is -0.276. The minimum Gasteiger partial charge on any atom is -0.481 e. The monoisotopic (exact) mass is 387 g/mol. The number of pyridine rings is 1. The second-order valence-corrected chi connectivity index (χ2v) is 4.03. The molecule has 3 nitrogen and oxygen atoms in total. The van der Waals surface area contributed by atoms with Crippen LogP contribution in [0.4, 0.5) is 26.3 Å². The van der Waals surface area contributed by atoms with E-state index in [1.54, 1.807) is 0 Å². The van der Waals surface area contributed by atoms with Gasteiger partial charge in [0, 0.05) is 6.07 Å². The van der Waals surface area contributed by atoms with Gasteiger partial charge in [-0.15, -0.1) is 13.2 Å². The highest BCUT2D eigenvalue weighted by Crippen LogP contribution is 2.41. The number of nitrogens with zero attached hydrogens (tertiary/aromatic N) is 1. The van der Waals surface area contributed by atoms with Crippen molar-refractivity contribution in [1.82, 2.24) is 4.98 Å². The summed E-state index contributed by atoms with van der Waals surface area (Å²) in [5, 5.41) is 0. The molecule has 0 amide bonds. The SMILES string of the molecule is COc1cc(I)c(OC(F)(F)F)c(C(F)(F)F)n1. The zero-order chi connectivity index (χ0) is 14.1. The van der Waals surface area contributed by atoms with Gasteiger partial charge in [0.15, 0.2) is 11.4 Å². The van der Waals surface area contributed by atoms with Crippen LogP contribution in [0, 0.1) is 3.57 Å². The zero-order valence-corrected chi connectivity index (χ0v) is 10.6. The molecule has 0 aliphatic heterocycles. The van der Waals surface area contributed by atoms with Gasteiger partial charge >= 0.3 is 12.5 Å². The first-order valence-electron chi connectivity index (χ1n) is 4.12. The first-order valence-corrected chi connectivity index (χ1v) is 5.20. The van der Waals surface area contributed by atoms with E-state index in [2.05, 4.69) is 14.5 Å². The average Bonchev–Trinajstić information content (AvgIpc) is 2.17. The first-order chi connectivity index (χ1) is 8.04. The fourth-order valence-electron chi connectivity index (χ4n) is 0.990. The van der Waals surface area contributed by atoms with Gasteiger partial charge in [-0.05, 0) is 22.6 Å². The summed E-state index contributed by atoms with van der Waals surface area (Å²) < 4.78 is 81.1. The number of rotatable bonds is 2. The smallest absolute Gasteiger partial charge is 0.481 e. The van der Waals surface area contributed by atoms with Crippen molar-refractivity contribution in [2.75, 3.05) is 7.11 Å². The molecule has 0 fully saturated rings. The molecule has 0 atom stereocenters. The standard InChI is InChI=1S/C8H4F6INO2/c1-17-4-2-3(15)5(18-8(12,13)14)6(16-4)7(9,10)11/h2H,1H3.